The molecule has 0 saturated heterocycles. The number of hydrogen-bond donors (Lipinski definition) is 2. The summed E-state index contributed by atoms with van der Waals surface area (Å²) in [5.41, 5.74) is 0. The average molecular weight is 339 g/mol. The third-order valence-corrected chi connectivity index (χ3v) is 5.31. The first-order valence-corrected chi connectivity index (χ1v) is 8.82. The highest BCUT2D eigenvalue weighted by Crippen LogP contribution is 2.29. The number of amides is 1. The quantitative estimate of drug-likeness (QED) is 0.724. The van der Waals surface area contributed by atoms with Crippen LogP contribution in [0.25, 0.3) is 0 Å². The first-order chi connectivity index (χ1) is 11.5. The summed E-state index contributed by atoms with van der Waals surface area (Å²) in [6.07, 6.45) is 9.61. The molecule has 24 heavy (non-hydrogen) atoms. The van der Waals surface area contributed by atoms with E-state index in [1.165, 1.54) is 0 Å². The summed E-state index contributed by atoms with van der Waals surface area (Å²) in [6.45, 7) is 0. The first-order valence-electron chi connectivity index (χ1n) is 8.82. The Labute approximate surface area is 143 Å². The molecule has 6 nitrogen and oxygen atoms in total. The van der Waals surface area contributed by atoms with Crippen LogP contribution in [0.3, 0.4) is 0 Å². The van der Waals surface area contributed by atoms with Crippen molar-refractivity contribution in [2.24, 2.45) is 11.8 Å². The van der Waals surface area contributed by atoms with E-state index in [-0.39, 0.29) is 30.1 Å². The molecule has 0 aromatic carbocycles. The van der Waals surface area contributed by atoms with E-state index in [0.29, 0.717) is 6.42 Å². The van der Waals surface area contributed by atoms with Crippen molar-refractivity contribution in [3.8, 4) is 0 Å². The van der Waals surface area contributed by atoms with Gasteiger partial charge in [0, 0.05) is 20.3 Å². The SMILES string of the molecule is COC1CCC(/C=C/C(=O)NC2CCCCC2C(=O)O)CC1OC. The molecule has 0 bridgehead atoms. The molecule has 0 radical (unpaired) electrons. The summed E-state index contributed by atoms with van der Waals surface area (Å²) < 4.78 is 10.9. The first kappa shape index (κ1) is 18.9. The molecule has 2 fully saturated rings. The second kappa shape index (κ2) is 9.18. The van der Waals surface area contributed by atoms with Gasteiger partial charge in [-0.1, -0.05) is 18.9 Å². The Morgan fingerprint density at radius 2 is 1.75 bits per heavy atom. The van der Waals surface area contributed by atoms with Crippen LogP contribution in [-0.4, -0.2) is 49.5 Å². The Hall–Kier alpha value is -1.40. The predicted octanol–water partition coefficient (Wildman–Crippen LogP) is 2.13. The normalized spacial score (nSPS) is 34.2. The zero-order chi connectivity index (χ0) is 17.5. The second-order valence-corrected chi connectivity index (χ2v) is 6.82. The molecule has 2 N–H and O–H groups in total. The van der Waals surface area contributed by atoms with Crippen molar-refractivity contribution in [3.05, 3.63) is 12.2 Å². The van der Waals surface area contributed by atoms with Gasteiger partial charge in [0.25, 0.3) is 0 Å². The molecular formula is C18H29NO5. The lowest BCUT2D eigenvalue weighted by Gasteiger charge is -2.33. The Balaban J connectivity index is 1.85. The van der Waals surface area contributed by atoms with Gasteiger partial charge in [0.05, 0.1) is 18.1 Å². The largest absolute Gasteiger partial charge is 0.481 e. The van der Waals surface area contributed by atoms with E-state index in [4.69, 9.17) is 9.47 Å². The fraction of sp³-hybridized carbons (Fsp3) is 0.778. The van der Waals surface area contributed by atoms with Crippen LogP contribution in [0.5, 0.6) is 0 Å². The molecule has 2 saturated carbocycles. The standard InChI is InChI=1S/C18H29NO5/c1-23-15-9-7-12(11-16(15)24-2)8-10-17(20)19-14-6-4-3-5-13(14)18(21)22/h8,10,12-16H,3-7,9,11H2,1-2H3,(H,19,20)(H,21,22)/b10-8+. The molecule has 2 aliphatic carbocycles. The number of carboxylic acid groups (broad SMARTS) is 1. The number of rotatable bonds is 6. The molecule has 6 heteroatoms. The van der Waals surface area contributed by atoms with Crippen molar-refractivity contribution in [1.82, 2.24) is 5.32 Å². The fourth-order valence-electron chi connectivity index (χ4n) is 3.88. The Kier molecular flexibility index (Phi) is 7.24. The van der Waals surface area contributed by atoms with Crippen LogP contribution in [0.15, 0.2) is 12.2 Å². The molecule has 2 rings (SSSR count). The van der Waals surface area contributed by atoms with Crippen molar-refractivity contribution in [2.75, 3.05) is 14.2 Å². The number of carboxylic acids is 1. The monoisotopic (exact) mass is 339 g/mol. The Morgan fingerprint density at radius 3 is 2.42 bits per heavy atom. The molecular weight excluding hydrogens is 310 g/mol. The molecule has 136 valence electrons. The zero-order valence-corrected chi connectivity index (χ0v) is 14.6. The molecule has 2 aliphatic rings. The number of methoxy groups -OCH3 is 2. The fourth-order valence-corrected chi connectivity index (χ4v) is 3.88. The summed E-state index contributed by atoms with van der Waals surface area (Å²) in [4.78, 5) is 23.4. The number of allylic oxidation sites excluding steroid dienone is 1. The van der Waals surface area contributed by atoms with Gasteiger partial charge in [0.2, 0.25) is 5.91 Å². The maximum absolute atomic E-state index is 12.1. The highest BCUT2D eigenvalue weighted by Gasteiger charge is 2.32. The number of aliphatic carboxylic acids is 1. The molecule has 5 unspecified atom stereocenters. The predicted molar refractivity (Wildman–Crippen MR) is 89.6 cm³/mol. The van der Waals surface area contributed by atoms with Gasteiger partial charge in [0.1, 0.15) is 0 Å². The summed E-state index contributed by atoms with van der Waals surface area (Å²) in [7, 11) is 3.38. The lowest BCUT2D eigenvalue weighted by molar-refractivity contribution is -0.144. The van der Waals surface area contributed by atoms with Crippen molar-refractivity contribution >= 4 is 11.9 Å². The van der Waals surface area contributed by atoms with Gasteiger partial charge in [-0.15, -0.1) is 0 Å². The van der Waals surface area contributed by atoms with Crippen molar-refractivity contribution in [2.45, 2.75) is 63.2 Å². The van der Waals surface area contributed by atoms with Crippen LogP contribution >= 0.6 is 0 Å². The van der Waals surface area contributed by atoms with Crippen molar-refractivity contribution in [1.29, 1.82) is 0 Å². The van der Waals surface area contributed by atoms with Gasteiger partial charge in [-0.2, -0.15) is 0 Å². The Bertz CT molecular complexity index is 464. The minimum absolute atomic E-state index is 0.0520. The van der Waals surface area contributed by atoms with Gasteiger partial charge in [-0.3, -0.25) is 9.59 Å². The van der Waals surface area contributed by atoms with Crippen LogP contribution in [-0.2, 0) is 19.1 Å². The second-order valence-electron chi connectivity index (χ2n) is 6.82. The van der Waals surface area contributed by atoms with E-state index in [0.717, 1.165) is 38.5 Å². The van der Waals surface area contributed by atoms with Crippen LogP contribution in [0.4, 0.5) is 0 Å². The molecule has 0 aromatic rings. The topological polar surface area (TPSA) is 84.9 Å². The number of ether oxygens (including phenoxy) is 2. The smallest absolute Gasteiger partial charge is 0.308 e. The van der Waals surface area contributed by atoms with E-state index in [2.05, 4.69) is 5.32 Å². The summed E-state index contributed by atoms with van der Waals surface area (Å²) >= 11 is 0. The molecule has 0 heterocycles. The summed E-state index contributed by atoms with van der Waals surface area (Å²) in [5.74, 6) is -1.19. The lowest BCUT2D eigenvalue weighted by Crippen LogP contribution is -2.44. The minimum Gasteiger partial charge on any atom is -0.481 e. The number of carbonyl (C=O) groups excluding carboxylic acids is 1. The van der Waals surface area contributed by atoms with Gasteiger partial charge in [-0.25, -0.2) is 0 Å². The molecule has 0 spiro atoms. The third kappa shape index (κ3) is 5.05. The average Bonchev–Trinajstić information content (AvgIpc) is 2.59. The van der Waals surface area contributed by atoms with E-state index in [1.54, 1.807) is 20.3 Å². The van der Waals surface area contributed by atoms with E-state index in [1.807, 2.05) is 6.08 Å². The van der Waals surface area contributed by atoms with Crippen molar-refractivity contribution in [3.63, 3.8) is 0 Å². The summed E-state index contributed by atoms with van der Waals surface area (Å²) in [6, 6.07) is -0.260. The van der Waals surface area contributed by atoms with E-state index in [9.17, 15) is 14.7 Å². The molecule has 0 aromatic heterocycles. The minimum atomic E-state index is -0.815. The van der Waals surface area contributed by atoms with E-state index < -0.39 is 11.9 Å². The molecule has 5 atom stereocenters. The lowest BCUT2D eigenvalue weighted by atomic mass is 9.84. The highest BCUT2D eigenvalue weighted by atomic mass is 16.5. The van der Waals surface area contributed by atoms with Crippen LogP contribution in [0, 0.1) is 11.8 Å². The van der Waals surface area contributed by atoms with Gasteiger partial charge in [0.15, 0.2) is 0 Å². The number of carbonyl (C=O) groups is 2. The highest BCUT2D eigenvalue weighted by molar-refractivity contribution is 5.88. The Morgan fingerprint density at radius 1 is 1.04 bits per heavy atom. The van der Waals surface area contributed by atoms with Crippen molar-refractivity contribution < 1.29 is 24.2 Å². The zero-order valence-electron chi connectivity index (χ0n) is 14.6. The van der Waals surface area contributed by atoms with Crippen LogP contribution in [0.2, 0.25) is 0 Å². The van der Waals surface area contributed by atoms with Gasteiger partial charge < -0.3 is 19.9 Å². The maximum atomic E-state index is 12.1. The van der Waals surface area contributed by atoms with Crippen LogP contribution < -0.4 is 5.32 Å². The van der Waals surface area contributed by atoms with Crippen LogP contribution in [0.1, 0.15) is 44.9 Å². The van der Waals surface area contributed by atoms with Gasteiger partial charge >= 0.3 is 5.97 Å². The number of hydrogen-bond acceptors (Lipinski definition) is 4. The molecule has 0 aliphatic heterocycles. The summed E-state index contributed by atoms with van der Waals surface area (Å²) in [5, 5.41) is 12.1. The third-order valence-electron chi connectivity index (χ3n) is 5.31. The number of nitrogens with one attached hydrogen (secondary N) is 1. The maximum Gasteiger partial charge on any atom is 0.308 e. The van der Waals surface area contributed by atoms with Gasteiger partial charge in [-0.05, 0) is 44.1 Å². The molecule has 1 amide bonds. The van der Waals surface area contributed by atoms with E-state index >= 15 is 0 Å².